The lowest BCUT2D eigenvalue weighted by Gasteiger charge is -2.45. The summed E-state index contributed by atoms with van der Waals surface area (Å²) in [5.41, 5.74) is 4.26. The first-order valence-electron chi connectivity index (χ1n) is 9.33. The number of rotatable bonds is 4. The van der Waals surface area contributed by atoms with Crippen molar-refractivity contribution < 1.29 is 9.47 Å². The summed E-state index contributed by atoms with van der Waals surface area (Å²) in [6.45, 7) is 2.27. The summed E-state index contributed by atoms with van der Waals surface area (Å²) in [4.78, 5) is 2.70. The summed E-state index contributed by atoms with van der Waals surface area (Å²) >= 11 is 0. The van der Waals surface area contributed by atoms with Crippen LogP contribution in [-0.4, -0.2) is 31.7 Å². The maximum absolute atomic E-state index is 5.70. The summed E-state index contributed by atoms with van der Waals surface area (Å²) in [5.74, 6) is 2.41. The number of piperidine rings is 1. The van der Waals surface area contributed by atoms with Crippen molar-refractivity contribution in [2.24, 2.45) is 0 Å². The van der Waals surface area contributed by atoms with Crippen molar-refractivity contribution in [3.8, 4) is 11.5 Å². The third-order valence-corrected chi connectivity index (χ3v) is 5.90. The minimum Gasteiger partial charge on any atom is -0.493 e. The van der Waals surface area contributed by atoms with Crippen molar-refractivity contribution in [2.45, 2.75) is 44.2 Å². The van der Waals surface area contributed by atoms with Gasteiger partial charge in [0.15, 0.2) is 11.5 Å². The molecule has 1 fully saturated rings. The molecule has 0 spiro atoms. The van der Waals surface area contributed by atoms with E-state index in [2.05, 4.69) is 47.4 Å². The molecule has 0 amide bonds. The molecule has 1 heterocycles. The quantitative estimate of drug-likeness (QED) is 0.825. The first kappa shape index (κ1) is 16.5. The fraction of sp³-hybridized carbons (Fsp3) is 0.455. The zero-order valence-electron chi connectivity index (χ0n) is 15.2. The van der Waals surface area contributed by atoms with E-state index in [1.54, 1.807) is 14.2 Å². The van der Waals surface area contributed by atoms with Crippen molar-refractivity contribution in [2.75, 3.05) is 20.8 Å². The molecule has 0 aromatic heterocycles. The molecule has 25 heavy (non-hydrogen) atoms. The van der Waals surface area contributed by atoms with Crippen LogP contribution in [0.2, 0.25) is 0 Å². The number of hydrogen-bond donors (Lipinski definition) is 0. The van der Waals surface area contributed by atoms with Crippen LogP contribution >= 0.6 is 0 Å². The van der Waals surface area contributed by atoms with Crippen molar-refractivity contribution in [1.82, 2.24) is 4.90 Å². The lowest BCUT2D eigenvalue weighted by Crippen LogP contribution is -2.45. The van der Waals surface area contributed by atoms with Gasteiger partial charge in [0.25, 0.3) is 0 Å². The fourth-order valence-electron chi connectivity index (χ4n) is 4.79. The summed E-state index contributed by atoms with van der Waals surface area (Å²) in [6.07, 6.45) is 4.82. The van der Waals surface area contributed by atoms with E-state index < -0.39 is 0 Å². The molecule has 2 unspecified atom stereocenters. The molecule has 3 heteroatoms. The van der Waals surface area contributed by atoms with E-state index in [-0.39, 0.29) is 0 Å². The standard InChI is InChI=1S/C22H27NO2/c1-24-21-13-11-17-18-9-6-14-23(15-16-7-4-3-5-8-16)20(18)12-10-19(17)22(21)25-2/h3-5,7-8,11,13,18,20H,6,9-10,12,14-15H2,1-2H3. The Labute approximate surface area is 150 Å². The smallest absolute Gasteiger partial charge is 0.164 e. The van der Waals surface area contributed by atoms with Crippen molar-refractivity contribution >= 4 is 0 Å². The van der Waals surface area contributed by atoms with E-state index in [9.17, 15) is 0 Å². The van der Waals surface area contributed by atoms with Gasteiger partial charge in [-0.2, -0.15) is 0 Å². The van der Waals surface area contributed by atoms with Gasteiger partial charge in [0, 0.05) is 18.2 Å². The first-order valence-corrected chi connectivity index (χ1v) is 9.33. The number of fused-ring (bicyclic) bond motifs is 3. The summed E-state index contributed by atoms with van der Waals surface area (Å²) < 4.78 is 11.2. The zero-order chi connectivity index (χ0) is 17.2. The lowest BCUT2D eigenvalue weighted by molar-refractivity contribution is 0.104. The number of hydrogen-bond acceptors (Lipinski definition) is 3. The van der Waals surface area contributed by atoms with Crippen molar-refractivity contribution in [3.63, 3.8) is 0 Å². The summed E-state index contributed by atoms with van der Waals surface area (Å²) in [6, 6.07) is 15.9. The average molecular weight is 337 g/mol. The Kier molecular flexibility index (Phi) is 4.67. The second kappa shape index (κ2) is 7.09. The highest BCUT2D eigenvalue weighted by atomic mass is 16.5. The lowest BCUT2D eigenvalue weighted by atomic mass is 9.74. The second-order valence-electron chi connectivity index (χ2n) is 7.18. The molecule has 4 rings (SSSR count). The van der Waals surface area contributed by atoms with Crippen LogP contribution in [0.4, 0.5) is 0 Å². The maximum atomic E-state index is 5.70. The minimum absolute atomic E-state index is 0.612. The van der Waals surface area contributed by atoms with Crippen LogP contribution in [0.1, 0.15) is 41.9 Å². The van der Waals surface area contributed by atoms with Gasteiger partial charge in [-0.05, 0) is 55.3 Å². The molecule has 0 saturated carbocycles. The van der Waals surface area contributed by atoms with Crippen LogP contribution in [0.5, 0.6) is 11.5 Å². The van der Waals surface area contributed by atoms with Gasteiger partial charge in [0.05, 0.1) is 14.2 Å². The van der Waals surface area contributed by atoms with E-state index in [1.807, 2.05) is 0 Å². The Hall–Kier alpha value is -2.00. The SMILES string of the molecule is COc1ccc2c(c1OC)CCC1C2CCCN1Cc1ccccc1. The molecule has 2 atom stereocenters. The largest absolute Gasteiger partial charge is 0.493 e. The van der Waals surface area contributed by atoms with E-state index >= 15 is 0 Å². The Balaban J connectivity index is 1.63. The third kappa shape index (κ3) is 3.02. The maximum Gasteiger partial charge on any atom is 0.164 e. The molecule has 2 aromatic rings. The molecule has 2 aromatic carbocycles. The van der Waals surface area contributed by atoms with Gasteiger partial charge >= 0.3 is 0 Å². The zero-order valence-corrected chi connectivity index (χ0v) is 15.2. The van der Waals surface area contributed by atoms with Gasteiger partial charge in [-0.1, -0.05) is 36.4 Å². The molecule has 3 nitrogen and oxygen atoms in total. The molecule has 1 aliphatic carbocycles. The monoisotopic (exact) mass is 337 g/mol. The highest BCUT2D eigenvalue weighted by molar-refractivity contribution is 5.53. The van der Waals surface area contributed by atoms with Gasteiger partial charge in [-0.25, -0.2) is 0 Å². The van der Waals surface area contributed by atoms with Gasteiger partial charge in [0.1, 0.15) is 0 Å². The molecular weight excluding hydrogens is 310 g/mol. The van der Waals surface area contributed by atoms with E-state index in [0.717, 1.165) is 24.5 Å². The predicted octanol–water partition coefficient (Wildman–Crippen LogP) is 4.40. The van der Waals surface area contributed by atoms with Gasteiger partial charge in [-0.3, -0.25) is 4.90 Å². The normalized spacial score (nSPS) is 22.8. The van der Waals surface area contributed by atoms with Gasteiger partial charge in [-0.15, -0.1) is 0 Å². The summed E-state index contributed by atoms with van der Waals surface area (Å²) in [5, 5.41) is 0. The summed E-state index contributed by atoms with van der Waals surface area (Å²) in [7, 11) is 3.48. The van der Waals surface area contributed by atoms with Crippen LogP contribution in [0.25, 0.3) is 0 Å². The number of methoxy groups -OCH3 is 2. The Bertz CT molecular complexity index is 728. The molecule has 2 aliphatic rings. The van der Waals surface area contributed by atoms with Crippen molar-refractivity contribution in [1.29, 1.82) is 0 Å². The first-order chi connectivity index (χ1) is 12.3. The van der Waals surface area contributed by atoms with Gasteiger partial charge in [0.2, 0.25) is 0 Å². The molecule has 132 valence electrons. The number of ether oxygens (including phenoxy) is 2. The van der Waals surface area contributed by atoms with E-state index in [0.29, 0.717) is 12.0 Å². The molecular formula is C22H27NO2. The van der Waals surface area contributed by atoms with Crippen LogP contribution in [0.3, 0.4) is 0 Å². The Morgan fingerprint density at radius 2 is 1.84 bits per heavy atom. The second-order valence-corrected chi connectivity index (χ2v) is 7.18. The van der Waals surface area contributed by atoms with Crippen molar-refractivity contribution in [3.05, 3.63) is 59.2 Å². The van der Waals surface area contributed by atoms with Crippen LogP contribution in [-0.2, 0) is 13.0 Å². The average Bonchev–Trinajstić information content (AvgIpc) is 2.67. The molecule has 0 radical (unpaired) electrons. The number of benzene rings is 2. The van der Waals surface area contributed by atoms with Crippen LogP contribution in [0, 0.1) is 0 Å². The minimum atomic E-state index is 0.612. The van der Waals surface area contributed by atoms with E-state index in [1.165, 1.54) is 42.5 Å². The topological polar surface area (TPSA) is 21.7 Å². The fourth-order valence-corrected chi connectivity index (χ4v) is 4.79. The number of nitrogens with zero attached hydrogens (tertiary/aromatic N) is 1. The van der Waals surface area contributed by atoms with Gasteiger partial charge < -0.3 is 9.47 Å². The van der Waals surface area contributed by atoms with Crippen LogP contribution in [0.15, 0.2) is 42.5 Å². The van der Waals surface area contributed by atoms with E-state index in [4.69, 9.17) is 9.47 Å². The Morgan fingerprint density at radius 3 is 2.60 bits per heavy atom. The Morgan fingerprint density at radius 1 is 1.00 bits per heavy atom. The highest BCUT2D eigenvalue weighted by Gasteiger charge is 2.37. The van der Waals surface area contributed by atoms with Crippen LogP contribution < -0.4 is 9.47 Å². The molecule has 1 aliphatic heterocycles. The molecule has 0 bridgehead atoms. The predicted molar refractivity (Wildman–Crippen MR) is 100 cm³/mol. The molecule has 1 saturated heterocycles. The third-order valence-electron chi connectivity index (χ3n) is 5.90. The highest BCUT2D eigenvalue weighted by Crippen LogP contribution is 2.46. The number of likely N-dealkylation sites (tertiary alicyclic amines) is 1. The molecule has 0 N–H and O–H groups in total.